The number of carboxylic acid groups (broad SMARTS) is 1. The van der Waals surface area contributed by atoms with Gasteiger partial charge in [0.25, 0.3) is 5.91 Å². The molecule has 2 N–H and O–H groups in total. The lowest BCUT2D eigenvalue weighted by Crippen LogP contribution is -2.33. The SMILES string of the molecule is COc1ncnc(OC)c1C(=O)NC(C)CCC(=O)O. The van der Waals surface area contributed by atoms with Gasteiger partial charge in [0.05, 0.1) is 14.2 Å². The summed E-state index contributed by atoms with van der Waals surface area (Å²) in [5.41, 5.74) is 0.0830. The van der Waals surface area contributed by atoms with Crippen molar-refractivity contribution >= 4 is 11.9 Å². The van der Waals surface area contributed by atoms with Crippen LogP contribution in [0.25, 0.3) is 0 Å². The van der Waals surface area contributed by atoms with Gasteiger partial charge in [-0.3, -0.25) is 9.59 Å². The van der Waals surface area contributed by atoms with E-state index >= 15 is 0 Å². The van der Waals surface area contributed by atoms with Gasteiger partial charge in [-0.1, -0.05) is 0 Å². The Hall–Kier alpha value is -2.38. The zero-order valence-corrected chi connectivity index (χ0v) is 11.5. The third kappa shape index (κ3) is 4.08. The van der Waals surface area contributed by atoms with Gasteiger partial charge in [-0.15, -0.1) is 0 Å². The molecule has 0 aliphatic carbocycles. The molecule has 1 aromatic heterocycles. The molecule has 0 fully saturated rings. The topological polar surface area (TPSA) is 111 Å². The van der Waals surface area contributed by atoms with Crippen LogP contribution in [0.1, 0.15) is 30.1 Å². The molecule has 0 aromatic carbocycles. The number of aromatic nitrogens is 2. The number of methoxy groups -OCH3 is 2. The number of carbonyl (C=O) groups is 2. The number of rotatable bonds is 7. The van der Waals surface area contributed by atoms with E-state index in [4.69, 9.17) is 14.6 Å². The van der Waals surface area contributed by atoms with Crippen molar-refractivity contribution in [1.29, 1.82) is 0 Å². The number of nitrogens with zero attached hydrogens (tertiary/aromatic N) is 2. The standard InChI is InChI=1S/C12H17N3O5/c1-7(4-5-8(16)17)15-10(18)9-11(19-2)13-6-14-12(9)20-3/h6-7H,4-5H2,1-3H3,(H,15,18)(H,16,17). The Morgan fingerprint density at radius 2 is 1.85 bits per heavy atom. The average molecular weight is 283 g/mol. The fourth-order valence-corrected chi connectivity index (χ4v) is 1.57. The second kappa shape index (κ2) is 7.27. The van der Waals surface area contributed by atoms with Crippen molar-refractivity contribution in [2.45, 2.75) is 25.8 Å². The third-order valence-electron chi connectivity index (χ3n) is 2.56. The molecule has 1 amide bonds. The van der Waals surface area contributed by atoms with E-state index in [-0.39, 0.29) is 29.8 Å². The molecular formula is C12H17N3O5. The maximum absolute atomic E-state index is 12.2. The van der Waals surface area contributed by atoms with E-state index in [1.165, 1.54) is 20.5 Å². The van der Waals surface area contributed by atoms with Gasteiger partial charge in [0.15, 0.2) is 5.56 Å². The number of amides is 1. The van der Waals surface area contributed by atoms with E-state index in [1.54, 1.807) is 6.92 Å². The monoisotopic (exact) mass is 283 g/mol. The third-order valence-corrected chi connectivity index (χ3v) is 2.56. The maximum atomic E-state index is 12.2. The van der Waals surface area contributed by atoms with Crippen molar-refractivity contribution in [3.05, 3.63) is 11.9 Å². The summed E-state index contributed by atoms with van der Waals surface area (Å²) < 4.78 is 10.0. The summed E-state index contributed by atoms with van der Waals surface area (Å²) >= 11 is 0. The molecule has 1 aromatic rings. The van der Waals surface area contributed by atoms with Crippen LogP contribution >= 0.6 is 0 Å². The quantitative estimate of drug-likeness (QED) is 0.748. The Balaban J connectivity index is 2.83. The van der Waals surface area contributed by atoms with Crippen molar-refractivity contribution in [3.63, 3.8) is 0 Å². The molecule has 1 heterocycles. The van der Waals surface area contributed by atoms with Gasteiger partial charge < -0.3 is 19.9 Å². The van der Waals surface area contributed by atoms with Crippen LogP contribution in [0.3, 0.4) is 0 Å². The second-order valence-electron chi connectivity index (χ2n) is 4.07. The van der Waals surface area contributed by atoms with Gasteiger partial charge in [-0.05, 0) is 13.3 Å². The Morgan fingerprint density at radius 1 is 1.30 bits per heavy atom. The number of carboxylic acids is 1. The Bertz CT molecular complexity index is 470. The van der Waals surface area contributed by atoms with Crippen molar-refractivity contribution < 1.29 is 24.2 Å². The predicted molar refractivity (Wildman–Crippen MR) is 68.9 cm³/mol. The lowest BCUT2D eigenvalue weighted by molar-refractivity contribution is -0.137. The van der Waals surface area contributed by atoms with Crippen LogP contribution in [0.2, 0.25) is 0 Å². The van der Waals surface area contributed by atoms with Crippen LogP contribution in [0.4, 0.5) is 0 Å². The molecule has 110 valence electrons. The second-order valence-corrected chi connectivity index (χ2v) is 4.07. The molecule has 0 spiro atoms. The van der Waals surface area contributed by atoms with E-state index in [0.717, 1.165) is 0 Å². The normalized spacial score (nSPS) is 11.6. The van der Waals surface area contributed by atoms with Gasteiger partial charge in [0.1, 0.15) is 6.33 Å². The number of hydrogen-bond donors (Lipinski definition) is 2. The highest BCUT2D eigenvalue weighted by Gasteiger charge is 2.22. The molecule has 8 nitrogen and oxygen atoms in total. The molecule has 0 aliphatic heterocycles. The minimum Gasteiger partial charge on any atom is -0.481 e. The molecule has 20 heavy (non-hydrogen) atoms. The predicted octanol–water partition coefficient (Wildman–Crippen LogP) is 0.477. The van der Waals surface area contributed by atoms with Gasteiger partial charge in [0.2, 0.25) is 11.8 Å². The van der Waals surface area contributed by atoms with E-state index in [0.29, 0.717) is 6.42 Å². The fraction of sp³-hybridized carbons (Fsp3) is 0.500. The highest BCUT2D eigenvalue weighted by molar-refractivity contribution is 5.98. The summed E-state index contributed by atoms with van der Waals surface area (Å²) in [6, 6.07) is -0.312. The maximum Gasteiger partial charge on any atom is 0.303 e. The Morgan fingerprint density at radius 3 is 2.30 bits per heavy atom. The van der Waals surface area contributed by atoms with E-state index in [1.807, 2.05) is 0 Å². The number of aliphatic carboxylic acids is 1. The summed E-state index contributed by atoms with van der Waals surface area (Å²) in [5.74, 6) is -1.19. The number of carbonyl (C=O) groups excluding carboxylic acids is 1. The van der Waals surface area contributed by atoms with Gasteiger partial charge in [-0.2, -0.15) is 0 Å². The minimum atomic E-state index is -0.913. The zero-order chi connectivity index (χ0) is 15.1. The summed E-state index contributed by atoms with van der Waals surface area (Å²) in [6.45, 7) is 1.71. The van der Waals surface area contributed by atoms with Crippen molar-refractivity contribution in [1.82, 2.24) is 15.3 Å². The molecule has 0 aliphatic rings. The summed E-state index contributed by atoms with van der Waals surface area (Å²) in [5, 5.41) is 11.3. The molecule has 1 unspecified atom stereocenters. The lowest BCUT2D eigenvalue weighted by atomic mass is 10.1. The molecule has 1 rings (SSSR count). The first kappa shape index (κ1) is 15.7. The molecule has 0 saturated carbocycles. The number of hydrogen-bond acceptors (Lipinski definition) is 6. The van der Waals surface area contributed by atoms with Crippen LogP contribution in [0.5, 0.6) is 11.8 Å². The van der Waals surface area contributed by atoms with Crippen molar-refractivity contribution in [2.24, 2.45) is 0 Å². The van der Waals surface area contributed by atoms with Crippen molar-refractivity contribution in [3.8, 4) is 11.8 Å². The summed E-state index contributed by atoms with van der Waals surface area (Å²) in [4.78, 5) is 30.3. The molecule has 1 atom stereocenters. The van der Waals surface area contributed by atoms with Gasteiger partial charge >= 0.3 is 5.97 Å². The number of ether oxygens (including phenoxy) is 2. The smallest absolute Gasteiger partial charge is 0.303 e. The minimum absolute atomic E-state index is 0.0268. The van der Waals surface area contributed by atoms with Crippen LogP contribution in [-0.2, 0) is 4.79 Å². The fourth-order valence-electron chi connectivity index (χ4n) is 1.57. The highest BCUT2D eigenvalue weighted by Crippen LogP contribution is 2.23. The van der Waals surface area contributed by atoms with Crippen LogP contribution in [0, 0.1) is 0 Å². The summed E-state index contributed by atoms with van der Waals surface area (Å²) in [6.07, 6.45) is 1.52. The highest BCUT2D eigenvalue weighted by atomic mass is 16.5. The molecule has 0 bridgehead atoms. The summed E-state index contributed by atoms with van der Waals surface area (Å²) in [7, 11) is 2.76. The number of nitrogens with one attached hydrogen (secondary N) is 1. The van der Waals surface area contributed by atoms with Gasteiger partial charge in [0, 0.05) is 12.5 Å². The average Bonchev–Trinajstić information content (AvgIpc) is 2.43. The van der Waals surface area contributed by atoms with E-state index in [2.05, 4.69) is 15.3 Å². The molecular weight excluding hydrogens is 266 g/mol. The van der Waals surface area contributed by atoms with E-state index < -0.39 is 11.9 Å². The lowest BCUT2D eigenvalue weighted by Gasteiger charge is -2.15. The zero-order valence-electron chi connectivity index (χ0n) is 11.5. The van der Waals surface area contributed by atoms with Crippen molar-refractivity contribution in [2.75, 3.05) is 14.2 Å². The van der Waals surface area contributed by atoms with Crippen LogP contribution < -0.4 is 14.8 Å². The Labute approximate surface area is 116 Å². The molecule has 8 heteroatoms. The Kier molecular flexibility index (Phi) is 5.70. The largest absolute Gasteiger partial charge is 0.481 e. The molecule has 0 radical (unpaired) electrons. The van der Waals surface area contributed by atoms with Crippen LogP contribution in [0.15, 0.2) is 6.33 Å². The molecule has 0 saturated heterocycles. The first-order valence-corrected chi connectivity index (χ1v) is 5.95. The first-order chi connectivity index (χ1) is 9.49. The van der Waals surface area contributed by atoms with Gasteiger partial charge in [-0.25, -0.2) is 9.97 Å². The first-order valence-electron chi connectivity index (χ1n) is 5.95. The van der Waals surface area contributed by atoms with Crippen LogP contribution in [-0.4, -0.2) is 47.2 Å². The van der Waals surface area contributed by atoms with E-state index in [9.17, 15) is 9.59 Å².